The zero-order chi connectivity index (χ0) is 13.0. The van der Waals surface area contributed by atoms with Gasteiger partial charge in [-0.2, -0.15) is 0 Å². The number of nitrogens with two attached hydrogens (primary N) is 1. The Kier molecular flexibility index (Phi) is 4.36. The van der Waals surface area contributed by atoms with Crippen LogP contribution >= 0.6 is 0 Å². The van der Waals surface area contributed by atoms with Gasteiger partial charge in [-0.25, -0.2) is 9.97 Å². The van der Waals surface area contributed by atoms with Crippen molar-refractivity contribution in [3.8, 4) is 0 Å². The van der Waals surface area contributed by atoms with E-state index < -0.39 is 0 Å². The molecule has 5 nitrogen and oxygen atoms in total. The molecule has 0 saturated heterocycles. The second kappa shape index (κ2) is 6.00. The first-order valence-electron chi connectivity index (χ1n) is 6.55. The van der Waals surface area contributed by atoms with Crippen molar-refractivity contribution in [2.24, 2.45) is 11.8 Å². The topological polar surface area (TPSA) is 73.1 Å². The van der Waals surface area contributed by atoms with Gasteiger partial charge < -0.3 is 15.8 Å². The first-order chi connectivity index (χ1) is 8.69. The standard InChI is InChI=1S/C13H22N4O/c1-9-4-3-5-10(9)7-15-12-6-11(14)16-13(17-12)8-18-2/h6,9-10H,3-5,7-8H2,1-2H3,(H3,14,15,16,17). The molecule has 1 aliphatic carbocycles. The first-order valence-corrected chi connectivity index (χ1v) is 6.55. The molecule has 2 atom stereocenters. The Balaban J connectivity index is 1.95. The van der Waals surface area contributed by atoms with E-state index in [1.54, 1.807) is 13.2 Å². The van der Waals surface area contributed by atoms with Crippen LogP contribution in [0.4, 0.5) is 11.6 Å². The monoisotopic (exact) mass is 250 g/mol. The van der Waals surface area contributed by atoms with Crippen molar-refractivity contribution in [2.75, 3.05) is 24.7 Å². The Morgan fingerprint density at radius 2 is 2.28 bits per heavy atom. The zero-order valence-electron chi connectivity index (χ0n) is 11.1. The number of hydrogen-bond donors (Lipinski definition) is 2. The molecule has 0 aromatic carbocycles. The largest absolute Gasteiger partial charge is 0.384 e. The molecule has 0 radical (unpaired) electrons. The number of rotatable bonds is 5. The fraction of sp³-hybridized carbons (Fsp3) is 0.692. The van der Waals surface area contributed by atoms with Gasteiger partial charge in [-0.05, 0) is 18.3 Å². The van der Waals surface area contributed by atoms with Crippen LogP contribution in [0.15, 0.2) is 6.07 Å². The van der Waals surface area contributed by atoms with Crippen molar-refractivity contribution in [1.29, 1.82) is 0 Å². The maximum absolute atomic E-state index is 5.75. The van der Waals surface area contributed by atoms with Gasteiger partial charge in [0.05, 0.1) is 0 Å². The average molecular weight is 250 g/mol. The minimum Gasteiger partial charge on any atom is -0.384 e. The molecule has 0 aliphatic heterocycles. The lowest BCUT2D eigenvalue weighted by atomic mass is 9.98. The maximum atomic E-state index is 5.75. The van der Waals surface area contributed by atoms with E-state index >= 15 is 0 Å². The third kappa shape index (κ3) is 3.32. The summed E-state index contributed by atoms with van der Waals surface area (Å²) in [5, 5.41) is 3.37. The van der Waals surface area contributed by atoms with E-state index in [1.165, 1.54) is 19.3 Å². The van der Waals surface area contributed by atoms with Crippen molar-refractivity contribution in [3.05, 3.63) is 11.9 Å². The van der Waals surface area contributed by atoms with Gasteiger partial charge in [-0.1, -0.05) is 19.8 Å². The van der Waals surface area contributed by atoms with Crippen LogP contribution in [0.1, 0.15) is 32.0 Å². The third-order valence-corrected chi connectivity index (χ3v) is 3.65. The van der Waals surface area contributed by atoms with Crippen LogP contribution < -0.4 is 11.1 Å². The fourth-order valence-corrected chi connectivity index (χ4v) is 2.56. The first kappa shape index (κ1) is 13.1. The quantitative estimate of drug-likeness (QED) is 0.836. The second-order valence-corrected chi connectivity index (χ2v) is 5.08. The van der Waals surface area contributed by atoms with Gasteiger partial charge in [0.2, 0.25) is 0 Å². The molecule has 5 heteroatoms. The highest BCUT2D eigenvalue weighted by Gasteiger charge is 2.22. The van der Waals surface area contributed by atoms with Gasteiger partial charge in [0, 0.05) is 19.7 Å². The summed E-state index contributed by atoms with van der Waals surface area (Å²) >= 11 is 0. The Morgan fingerprint density at radius 1 is 1.44 bits per heavy atom. The summed E-state index contributed by atoms with van der Waals surface area (Å²) in [4.78, 5) is 8.50. The Hall–Kier alpha value is -1.36. The van der Waals surface area contributed by atoms with Crippen LogP contribution in [0.3, 0.4) is 0 Å². The number of nitrogens with one attached hydrogen (secondary N) is 1. The summed E-state index contributed by atoms with van der Waals surface area (Å²) in [5.41, 5.74) is 5.75. The summed E-state index contributed by atoms with van der Waals surface area (Å²) in [6.45, 7) is 3.67. The highest BCUT2D eigenvalue weighted by Crippen LogP contribution is 2.31. The predicted molar refractivity (Wildman–Crippen MR) is 72.2 cm³/mol. The number of methoxy groups -OCH3 is 1. The number of ether oxygens (including phenoxy) is 1. The van der Waals surface area contributed by atoms with E-state index in [1.807, 2.05) is 0 Å². The minimum atomic E-state index is 0.388. The maximum Gasteiger partial charge on any atom is 0.158 e. The fourth-order valence-electron chi connectivity index (χ4n) is 2.56. The van der Waals surface area contributed by atoms with Crippen molar-refractivity contribution in [3.63, 3.8) is 0 Å². The van der Waals surface area contributed by atoms with Gasteiger partial charge >= 0.3 is 0 Å². The highest BCUT2D eigenvalue weighted by molar-refractivity contribution is 5.44. The van der Waals surface area contributed by atoms with Crippen LogP contribution in [0.25, 0.3) is 0 Å². The van der Waals surface area contributed by atoms with Gasteiger partial charge in [0.1, 0.15) is 18.2 Å². The minimum absolute atomic E-state index is 0.388. The smallest absolute Gasteiger partial charge is 0.158 e. The lowest BCUT2D eigenvalue weighted by Gasteiger charge is -2.16. The average Bonchev–Trinajstić information content (AvgIpc) is 2.72. The summed E-state index contributed by atoms with van der Waals surface area (Å²) in [5.74, 6) is 3.45. The molecule has 1 aliphatic rings. The molecule has 1 heterocycles. The van der Waals surface area contributed by atoms with Crippen molar-refractivity contribution < 1.29 is 4.74 Å². The van der Waals surface area contributed by atoms with Crippen molar-refractivity contribution in [2.45, 2.75) is 32.8 Å². The summed E-state index contributed by atoms with van der Waals surface area (Å²) in [6.07, 6.45) is 3.99. The molecule has 2 unspecified atom stereocenters. The van der Waals surface area contributed by atoms with E-state index in [9.17, 15) is 0 Å². The molecule has 100 valence electrons. The SMILES string of the molecule is COCc1nc(N)cc(NCC2CCCC2C)n1. The number of nitrogens with zero attached hydrogens (tertiary/aromatic N) is 2. The molecule has 0 amide bonds. The molecule has 1 fully saturated rings. The van der Waals surface area contributed by atoms with E-state index in [-0.39, 0.29) is 0 Å². The predicted octanol–water partition coefficient (Wildman–Crippen LogP) is 2.05. The molecule has 2 rings (SSSR count). The lowest BCUT2D eigenvalue weighted by Crippen LogP contribution is -2.17. The van der Waals surface area contributed by atoms with E-state index in [0.29, 0.717) is 18.2 Å². The Bertz CT molecular complexity index is 397. The van der Waals surface area contributed by atoms with Crippen LogP contribution in [0, 0.1) is 11.8 Å². The number of aromatic nitrogens is 2. The van der Waals surface area contributed by atoms with Crippen LogP contribution in [0.2, 0.25) is 0 Å². The summed E-state index contributed by atoms with van der Waals surface area (Å²) in [6, 6.07) is 1.78. The third-order valence-electron chi connectivity index (χ3n) is 3.65. The van der Waals surface area contributed by atoms with Crippen LogP contribution in [-0.2, 0) is 11.3 Å². The van der Waals surface area contributed by atoms with Gasteiger partial charge in [-0.3, -0.25) is 0 Å². The number of nitrogen functional groups attached to an aromatic ring is 1. The van der Waals surface area contributed by atoms with Crippen molar-refractivity contribution >= 4 is 11.6 Å². The van der Waals surface area contributed by atoms with Gasteiger partial charge in [0.15, 0.2) is 5.82 Å². The van der Waals surface area contributed by atoms with E-state index in [4.69, 9.17) is 10.5 Å². The normalized spacial score (nSPS) is 23.2. The Labute approximate surface area is 108 Å². The molecule has 1 saturated carbocycles. The summed E-state index contributed by atoms with van der Waals surface area (Å²) in [7, 11) is 1.62. The van der Waals surface area contributed by atoms with Crippen molar-refractivity contribution in [1.82, 2.24) is 9.97 Å². The van der Waals surface area contributed by atoms with Crippen LogP contribution in [0.5, 0.6) is 0 Å². The molecule has 18 heavy (non-hydrogen) atoms. The molecular weight excluding hydrogens is 228 g/mol. The van der Waals surface area contributed by atoms with Crippen LogP contribution in [-0.4, -0.2) is 23.6 Å². The molecule has 3 N–H and O–H groups in total. The Morgan fingerprint density at radius 3 is 2.94 bits per heavy atom. The van der Waals surface area contributed by atoms with E-state index in [0.717, 1.165) is 24.2 Å². The molecular formula is C13H22N4O. The molecule has 1 aromatic rings. The second-order valence-electron chi connectivity index (χ2n) is 5.08. The molecule has 1 aromatic heterocycles. The molecule has 0 spiro atoms. The van der Waals surface area contributed by atoms with Gasteiger partial charge in [-0.15, -0.1) is 0 Å². The lowest BCUT2D eigenvalue weighted by molar-refractivity contribution is 0.178. The number of anilines is 2. The highest BCUT2D eigenvalue weighted by atomic mass is 16.5. The zero-order valence-corrected chi connectivity index (χ0v) is 11.1. The molecule has 0 bridgehead atoms. The number of hydrogen-bond acceptors (Lipinski definition) is 5. The summed E-state index contributed by atoms with van der Waals surface area (Å²) < 4.78 is 5.02. The van der Waals surface area contributed by atoms with Gasteiger partial charge in [0.25, 0.3) is 0 Å². The van der Waals surface area contributed by atoms with E-state index in [2.05, 4.69) is 22.2 Å².